The quantitative estimate of drug-likeness (QED) is 0.445. The minimum Gasteiger partial charge on any atom is -0.120 e. The molecule has 4 heteroatoms. The Labute approximate surface area is 27.7 Å². The summed E-state index contributed by atoms with van der Waals surface area (Å²) in [6, 6.07) is 0. The van der Waals surface area contributed by atoms with Crippen molar-refractivity contribution in [3.63, 3.8) is 0 Å². The summed E-state index contributed by atoms with van der Waals surface area (Å²) in [5.74, 6) is 0. The second kappa shape index (κ2) is 1.78. The molecule has 0 bridgehead atoms. The van der Waals surface area contributed by atoms with Crippen molar-refractivity contribution < 1.29 is 4.57 Å². The molecule has 0 aromatic carbocycles. The molecule has 0 fully saturated rings. The smallest absolute Gasteiger partial charge is 0.120 e. The summed E-state index contributed by atoms with van der Waals surface area (Å²) in [4.78, 5) is 0. The summed E-state index contributed by atoms with van der Waals surface area (Å²) in [6.07, 6.45) is 0. The molecule has 0 saturated carbocycles. The van der Waals surface area contributed by atoms with Gasteiger partial charge in [0.1, 0.15) is 0 Å². The van der Waals surface area contributed by atoms with Gasteiger partial charge in [-0.3, -0.25) is 0 Å². The van der Waals surface area contributed by atoms with Crippen molar-refractivity contribution in [3.05, 3.63) is 0 Å². The van der Waals surface area contributed by atoms with Gasteiger partial charge in [-0.2, -0.15) is 0 Å². The van der Waals surface area contributed by atoms with Gasteiger partial charge in [0, 0.05) is 0 Å². The molecule has 24 valence electrons. The average Bonchev–Trinajstić information content (AvgIpc) is 0.811. The van der Waals surface area contributed by atoms with Crippen molar-refractivity contribution in [2.75, 3.05) is 0 Å². The SMILES string of the molecule is N[P+](=O)P. The van der Waals surface area contributed by atoms with Crippen molar-refractivity contribution in [3.8, 4) is 0 Å². The number of rotatable bonds is 0. The fourth-order valence-electron chi connectivity index (χ4n) is 0. The Morgan fingerprint density at radius 1 is 2.00 bits per heavy atom. The van der Waals surface area contributed by atoms with Crippen molar-refractivity contribution >= 4 is 16.6 Å². The molecular formula is H4NOP2+. The fraction of sp³-hybridized carbons (Fsp3) is 0. The first-order valence-corrected chi connectivity index (χ1v) is 3.65. The molecule has 0 aliphatic rings. The summed E-state index contributed by atoms with van der Waals surface area (Å²) >= 11 is 0. The minimum absolute atomic E-state index is 1.45. The lowest BCUT2D eigenvalue weighted by Gasteiger charge is -1.38. The van der Waals surface area contributed by atoms with E-state index in [4.69, 9.17) is 0 Å². The second-order valence-electron chi connectivity index (χ2n) is 0.360. The first-order chi connectivity index (χ1) is 1.73. The van der Waals surface area contributed by atoms with E-state index in [0.717, 1.165) is 0 Å². The van der Waals surface area contributed by atoms with E-state index in [1.165, 1.54) is 0 Å². The van der Waals surface area contributed by atoms with Crippen LogP contribution in [-0.4, -0.2) is 0 Å². The Bertz CT molecular complexity index is 29.0. The van der Waals surface area contributed by atoms with Crippen LogP contribution in [0, 0.1) is 0 Å². The molecule has 0 rings (SSSR count). The van der Waals surface area contributed by atoms with Crippen molar-refractivity contribution in [1.82, 2.24) is 0 Å². The van der Waals surface area contributed by atoms with E-state index in [2.05, 4.69) is 5.50 Å². The highest BCUT2D eigenvalue weighted by Gasteiger charge is 1.82. The number of nitrogens with two attached hydrogens (primary N) is 1. The van der Waals surface area contributed by atoms with Gasteiger partial charge in [0.15, 0.2) is 8.93 Å². The van der Waals surface area contributed by atoms with Gasteiger partial charge in [-0.1, -0.05) is 0 Å². The van der Waals surface area contributed by atoms with Crippen LogP contribution in [0.3, 0.4) is 0 Å². The Morgan fingerprint density at radius 3 is 2.00 bits per heavy atom. The van der Waals surface area contributed by atoms with Gasteiger partial charge in [-0.25, -0.2) is 0 Å². The molecule has 0 radical (unpaired) electrons. The lowest BCUT2D eigenvalue weighted by molar-refractivity contribution is 0.597. The molecule has 0 aromatic heterocycles. The zero-order chi connectivity index (χ0) is 3.58. The Kier molecular flexibility index (Phi) is 1.99. The molecule has 0 amide bonds. The molecule has 4 heavy (non-hydrogen) atoms. The summed E-state index contributed by atoms with van der Waals surface area (Å²) in [7, 11) is 0.491. The third kappa shape index (κ3) is 23.0. The fourth-order valence-corrected chi connectivity index (χ4v) is 0. The molecule has 0 aliphatic carbocycles. The van der Waals surface area contributed by atoms with Crippen LogP contribution in [-0.2, 0) is 4.57 Å². The van der Waals surface area contributed by atoms with E-state index in [0.29, 0.717) is 0 Å². The summed E-state index contributed by atoms with van der Waals surface area (Å²) in [5.41, 5.74) is 4.58. The van der Waals surface area contributed by atoms with Gasteiger partial charge in [0.2, 0.25) is 0 Å². The second-order valence-corrected chi connectivity index (χ2v) is 2.61. The normalized spacial score (nSPS) is 11.0. The Balaban J connectivity index is 2.80. The van der Waals surface area contributed by atoms with Crippen LogP contribution in [0.1, 0.15) is 0 Å². The van der Waals surface area contributed by atoms with Crippen LogP contribution in [0.4, 0.5) is 0 Å². The monoisotopic (exact) mass is 96.0 g/mol. The molecule has 2 atom stereocenters. The van der Waals surface area contributed by atoms with Gasteiger partial charge in [0.25, 0.3) is 0 Å². The zero-order valence-corrected chi connectivity index (χ0v) is 4.06. The van der Waals surface area contributed by atoms with E-state index in [1.54, 1.807) is 0 Å². The molecule has 2 unspecified atom stereocenters. The summed E-state index contributed by atoms with van der Waals surface area (Å²) in [5, 5.41) is 0. The van der Waals surface area contributed by atoms with E-state index >= 15 is 0 Å². The molecule has 2 nitrogen and oxygen atoms in total. The molecule has 0 spiro atoms. The van der Waals surface area contributed by atoms with Crippen LogP contribution >= 0.6 is 16.6 Å². The molecule has 0 aromatic rings. The van der Waals surface area contributed by atoms with Crippen LogP contribution in [0.25, 0.3) is 0 Å². The van der Waals surface area contributed by atoms with Gasteiger partial charge in [0.05, 0.1) is 0 Å². The highest BCUT2D eigenvalue weighted by atomic mass is 32.0. The maximum Gasteiger partial charge on any atom is 0.438 e. The van der Waals surface area contributed by atoms with Gasteiger partial charge in [-0.15, -0.1) is 5.50 Å². The molecule has 0 heterocycles. The third-order valence-corrected chi connectivity index (χ3v) is 0. The third-order valence-electron chi connectivity index (χ3n) is 0. The highest BCUT2D eigenvalue weighted by Crippen LogP contribution is 2.16. The van der Waals surface area contributed by atoms with Crippen molar-refractivity contribution in [1.29, 1.82) is 0 Å². The maximum atomic E-state index is 9.33. The topological polar surface area (TPSA) is 43.1 Å². The predicted octanol–water partition coefficient (Wildman–Crippen LogP) is 0.478. The Morgan fingerprint density at radius 2 is 2.00 bits per heavy atom. The Hall–Kier alpha value is 0.490. The molecule has 0 aliphatic heterocycles. The first-order valence-electron chi connectivity index (χ1n) is 0.699. The minimum atomic E-state index is -1.45. The largest absolute Gasteiger partial charge is 0.438 e. The summed E-state index contributed by atoms with van der Waals surface area (Å²) in [6.45, 7) is 0. The predicted molar refractivity (Wildman–Crippen MR) is 21.5 cm³/mol. The van der Waals surface area contributed by atoms with Crippen molar-refractivity contribution in [2.45, 2.75) is 0 Å². The lowest BCUT2D eigenvalue weighted by Crippen LogP contribution is -1.60. The van der Waals surface area contributed by atoms with Gasteiger partial charge in [-0.05, 0) is 4.57 Å². The summed E-state index contributed by atoms with van der Waals surface area (Å²) < 4.78 is 9.33. The van der Waals surface area contributed by atoms with E-state index in [9.17, 15) is 4.57 Å². The number of hydrogen-bond acceptors (Lipinski definition) is 1. The van der Waals surface area contributed by atoms with E-state index in [1.807, 2.05) is 8.93 Å². The lowest BCUT2D eigenvalue weighted by atomic mass is 13.9. The van der Waals surface area contributed by atoms with Gasteiger partial charge >= 0.3 is 7.64 Å². The zero-order valence-electron chi connectivity index (χ0n) is 2.01. The number of hydrogen-bond donors (Lipinski definition) is 1. The van der Waals surface area contributed by atoms with E-state index < -0.39 is 7.64 Å². The molecule has 0 saturated heterocycles. The van der Waals surface area contributed by atoms with Crippen molar-refractivity contribution in [2.24, 2.45) is 5.50 Å². The van der Waals surface area contributed by atoms with Crippen LogP contribution in [0.15, 0.2) is 0 Å². The van der Waals surface area contributed by atoms with Crippen LogP contribution < -0.4 is 5.50 Å². The van der Waals surface area contributed by atoms with E-state index in [-0.39, 0.29) is 0 Å². The standard InChI is InChI=1S/H4NOP2/c1-4(2)3/h3H2,(H2,1,2)/q+1. The molecular weight excluding hydrogens is 92.0 g/mol. The first kappa shape index (κ1) is 4.49. The van der Waals surface area contributed by atoms with Gasteiger partial charge < -0.3 is 0 Å². The van der Waals surface area contributed by atoms with Crippen LogP contribution in [0.5, 0.6) is 0 Å². The maximum absolute atomic E-state index is 9.33. The van der Waals surface area contributed by atoms with Crippen LogP contribution in [0.2, 0.25) is 0 Å². The highest BCUT2D eigenvalue weighted by molar-refractivity contribution is 8.05. The average molecular weight is 96.0 g/mol. The molecule has 2 N–H and O–H groups in total.